The molecule has 0 spiro atoms. The largest absolute Gasteiger partial charge is 0.459 e. The highest BCUT2D eigenvalue weighted by Crippen LogP contribution is 2.32. The van der Waals surface area contributed by atoms with Crippen LogP contribution in [-0.2, 0) is 27.9 Å². The lowest BCUT2D eigenvalue weighted by atomic mass is 9.93. The second-order valence-corrected chi connectivity index (χ2v) is 9.01. The van der Waals surface area contributed by atoms with Crippen LogP contribution in [0.2, 0.25) is 0 Å². The third-order valence-corrected chi connectivity index (χ3v) is 6.47. The molecule has 9 heteroatoms. The van der Waals surface area contributed by atoms with Crippen molar-refractivity contribution < 1.29 is 23.8 Å². The van der Waals surface area contributed by atoms with Crippen molar-refractivity contribution in [3.63, 3.8) is 0 Å². The number of rotatable bonds is 10. The first-order valence-corrected chi connectivity index (χ1v) is 12.4. The molecule has 0 radical (unpaired) electrons. The van der Waals surface area contributed by atoms with Crippen LogP contribution in [0.15, 0.2) is 71.2 Å². The number of ether oxygens (including phenoxy) is 2. The Kier molecular flexibility index (Phi) is 8.58. The number of halogens is 1. The molecular formula is C28H32FN3O5. The van der Waals surface area contributed by atoms with Crippen molar-refractivity contribution >= 4 is 5.91 Å². The number of carbonyl (C=O) groups is 1. The predicted molar refractivity (Wildman–Crippen MR) is 137 cm³/mol. The van der Waals surface area contributed by atoms with Crippen molar-refractivity contribution in [2.75, 3.05) is 13.2 Å². The van der Waals surface area contributed by atoms with Crippen molar-refractivity contribution in [2.24, 2.45) is 7.05 Å². The molecule has 2 heterocycles. The van der Waals surface area contributed by atoms with Crippen LogP contribution in [0, 0.1) is 12.7 Å². The first-order valence-electron chi connectivity index (χ1n) is 12.4. The van der Waals surface area contributed by atoms with Crippen LogP contribution >= 0.6 is 0 Å². The maximum Gasteiger partial charge on any atom is 0.286 e. The van der Waals surface area contributed by atoms with Gasteiger partial charge in [0.2, 0.25) is 6.29 Å². The summed E-state index contributed by atoms with van der Waals surface area (Å²) in [5.41, 5.74) is 2.67. The van der Waals surface area contributed by atoms with Crippen LogP contribution < -0.4 is 10.9 Å². The molecule has 8 nitrogen and oxygen atoms in total. The van der Waals surface area contributed by atoms with Crippen molar-refractivity contribution in [2.45, 2.75) is 44.9 Å². The summed E-state index contributed by atoms with van der Waals surface area (Å²) in [6, 6.07) is 15.2. The fraction of sp³-hybridized carbons (Fsp3) is 0.357. The van der Waals surface area contributed by atoms with E-state index in [4.69, 9.17) is 14.6 Å². The number of aliphatic hydroxyl groups excluding tert-OH is 1. The summed E-state index contributed by atoms with van der Waals surface area (Å²) in [6.07, 6.45) is 2.54. The lowest BCUT2D eigenvalue weighted by Gasteiger charge is -2.29. The number of carbonyl (C=O) groups excluding carboxylic acids is 1. The molecule has 196 valence electrons. The molecule has 1 aliphatic rings. The molecule has 0 fully saturated rings. The first-order chi connectivity index (χ1) is 17.9. The number of hydrogen-bond donors (Lipinski definition) is 2. The molecule has 2 N–H and O–H groups in total. The van der Waals surface area contributed by atoms with Crippen LogP contribution in [-0.4, -0.2) is 39.9 Å². The summed E-state index contributed by atoms with van der Waals surface area (Å²) in [4.78, 5) is 26.6. The van der Waals surface area contributed by atoms with Crippen LogP contribution in [0.3, 0.4) is 0 Å². The number of aliphatic hydroxyl groups is 1. The number of nitrogens with zero attached hydrogens (tertiary/aromatic N) is 2. The number of amides is 1. The smallest absolute Gasteiger partial charge is 0.286 e. The van der Waals surface area contributed by atoms with Gasteiger partial charge in [0.15, 0.2) is 5.76 Å². The fourth-order valence-corrected chi connectivity index (χ4v) is 4.44. The molecule has 37 heavy (non-hydrogen) atoms. The van der Waals surface area contributed by atoms with E-state index in [0.29, 0.717) is 31.4 Å². The lowest BCUT2D eigenvalue weighted by molar-refractivity contribution is -0.146. The van der Waals surface area contributed by atoms with Gasteiger partial charge < -0.3 is 19.9 Å². The molecule has 3 aromatic rings. The highest BCUT2D eigenvalue weighted by Gasteiger charge is 2.32. The van der Waals surface area contributed by atoms with Gasteiger partial charge in [0.25, 0.3) is 11.5 Å². The second-order valence-electron chi connectivity index (χ2n) is 9.01. The zero-order valence-corrected chi connectivity index (χ0v) is 21.0. The third-order valence-electron chi connectivity index (χ3n) is 6.47. The van der Waals surface area contributed by atoms with Crippen molar-refractivity contribution in [3.8, 4) is 5.69 Å². The van der Waals surface area contributed by atoms with E-state index in [1.807, 2.05) is 49.0 Å². The average molecular weight is 510 g/mol. The van der Waals surface area contributed by atoms with Gasteiger partial charge in [-0.05, 0) is 55.7 Å². The van der Waals surface area contributed by atoms with E-state index < -0.39 is 18.1 Å². The van der Waals surface area contributed by atoms with Crippen LogP contribution in [0.25, 0.3) is 5.69 Å². The van der Waals surface area contributed by atoms with Crippen LogP contribution in [0.4, 0.5) is 4.39 Å². The van der Waals surface area contributed by atoms with Gasteiger partial charge in [0, 0.05) is 43.8 Å². The molecule has 1 amide bonds. The molecule has 1 aromatic heterocycles. The van der Waals surface area contributed by atoms with Gasteiger partial charge >= 0.3 is 0 Å². The van der Waals surface area contributed by atoms with Gasteiger partial charge in [0.05, 0.1) is 12.3 Å². The SMILES string of the molecule is Cc1c([C@H]2C=C(C(=O)NCc3ccc(F)cc3)O[C@@H](OCCCCO)C2)c(=O)n(-c2ccccc2)n1C. The third kappa shape index (κ3) is 6.18. The minimum absolute atomic E-state index is 0.0662. The van der Waals surface area contributed by atoms with Crippen molar-refractivity contribution in [1.29, 1.82) is 0 Å². The molecule has 0 aliphatic carbocycles. The Bertz CT molecular complexity index is 1300. The lowest BCUT2D eigenvalue weighted by Crippen LogP contribution is -2.34. The molecule has 2 aromatic carbocycles. The van der Waals surface area contributed by atoms with Gasteiger partial charge in [0.1, 0.15) is 5.82 Å². The highest BCUT2D eigenvalue weighted by atomic mass is 19.1. The standard InChI is InChI=1S/C28H32FN3O5/c1-19-26(28(35)32(31(19)2)23-8-4-3-5-9-23)21-16-24(37-25(17-21)36-15-7-6-14-33)27(34)30-18-20-10-12-22(29)13-11-20/h3-5,8-13,16,21,25,33H,6-7,14-15,17-18H2,1-2H3,(H,30,34)/t21-,25+/m0/s1. The van der Waals surface area contributed by atoms with E-state index in [0.717, 1.165) is 16.9 Å². The normalized spacial score (nSPS) is 17.2. The summed E-state index contributed by atoms with van der Waals surface area (Å²) in [5.74, 6) is -1.14. The number of unbranched alkanes of at least 4 members (excludes halogenated alkanes) is 1. The zero-order valence-electron chi connectivity index (χ0n) is 21.0. The van der Waals surface area contributed by atoms with Gasteiger partial charge in [-0.25, -0.2) is 9.07 Å². The molecule has 2 atom stereocenters. The average Bonchev–Trinajstić information content (AvgIpc) is 3.13. The Hall–Kier alpha value is -3.69. The quantitative estimate of drug-likeness (QED) is 0.409. The Morgan fingerprint density at radius 1 is 1.16 bits per heavy atom. The Labute approximate surface area is 214 Å². The summed E-state index contributed by atoms with van der Waals surface area (Å²) < 4.78 is 28.4. The number of benzene rings is 2. The minimum atomic E-state index is -0.732. The highest BCUT2D eigenvalue weighted by molar-refractivity contribution is 5.91. The summed E-state index contributed by atoms with van der Waals surface area (Å²) >= 11 is 0. The Morgan fingerprint density at radius 2 is 1.89 bits per heavy atom. The number of aromatic nitrogens is 2. The topological polar surface area (TPSA) is 94.7 Å². The van der Waals surface area contributed by atoms with E-state index in [1.165, 1.54) is 12.1 Å². The molecule has 0 unspecified atom stereocenters. The van der Waals surface area contributed by atoms with Crippen LogP contribution in [0.5, 0.6) is 0 Å². The fourth-order valence-electron chi connectivity index (χ4n) is 4.44. The molecule has 1 aliphatic heterocycles. The molecular weight excluding hydrogens is 477 g/mol. The molecule has 4 rings (SSSR count). The predicted octanol–water partition coefficient (Wildman–Crippen LogP) is 3.44. The van der Waals surface area contributed by atoms with Gasteiger partial charge in [-0.2, -0.15) is 0 Å². The summed E-state index contributed by atoms with van der Waals surface area (Å²) in [7, 11) is 1.83. The minimum Gasteiger partial charge on any atom is -0.459 e. The zero-order chi connectivity index (χ0) is 26.4. The molecule has 0 saturated heterocycles. The maximum atomic E-state index is 13.6. The maximum absolute atomic E-state index is 13.6. The van der Waals surface area contributed by atoms with E-state index in [-0.39, 0.29) is 30.3 Å². The van der Waals surface area contributed by atoms with Gasteiger partial charge in [-0.3, -0.25) is 14.3 Å². The van der Waals surface area contributed by atoms with E-state index >= 15 is 0 Å². The molecule has 0 saturated carbocycles. The summed E-state index contributed by atoms with van der Waals surface area (Å²) in [6.45, 7) is 2.49. The Balaban J connectivity index is 1.61. The van der Waals surface area contributed by atoms with Crippen LogP contribution in [0.1, 0.15) is 42.0 Å². The van der Waals surface area contributed by atoms with Gasteiger partial charge in [-0.1, -0.05) is 30.3 Å². The monoisotopic (exact) mass is 509 g/mol. The summed E-state index contributed by atoms with van der Waals surface area (Å²) in [5, 5.41) is 11.8. The van der Waals surface area contributed by atoms with Crippen molar-refractivity contribution in [1.82, 2.24) is 14.7 Å². The number of hydrogen-bond acceptors (Lipinski definition) is 5. The van der Waals surface area contributed by atoms with E-state index in [2.05, 4.69) is 5.32 Å². The second kappa shape index (κ2) is 12.0. The Morgan fingerprint density at radius 3 is 2.59 bits per heavy atom. The number of para-hydroxylation sites is 1. The molecule has 0 bridgehead atoms. The number of nitrogens with one attached hydrogen (secondary N) is 1. The first kappa shape index (κ1) is 26.4. The van der Waals surface area contributed by atoms with Crippen molar-refractivity contribution in [3.05, 3.63) is 99.4 Å². The van der Waals surface area contributed by atoms with E-state index in [9.17, 15) is 14.0 Å². The van der Waals surface area contributed by atoms with E-state index in [1.54, 1.807) is 22.9 Å². The number of allylic oxidation sites excluding steroid dienone is 1. The van der Waals surface area contributed by atoms with Gasteiger partial charge in [-0.15, -0.1) is 0 Å².